The van der Waals surface area contributed by atoms with Crippen LogP contribution in [0.3, 0.4) is 0 Å². The lowest BCUT2D eigenvalue weighted by Gasteiger charge is -2.24. The molecule has 0 aromatic carbocycles. The van der Waals surface area contributed by atoms with Crippen molar-refractivity contribution in [3.8, 4) is 0 Å². The average molecular weight is 441 g/mol. The van der Waals surface area contributed by atoms with Gasteiger partial charge in [0.15, 0.2) is 0 Å². The number of nitrogens with one attached hydrogen (secondary N) is 1. The third-order valence-electron chi connectivity index (χ3n) is 1.67. The molecular formula is C10H21I2NO2. The maximum Gasteiger partial charge on any atom is 0.407 e. The lowest BCUT2D eigenvalue weighted by molar-refractivity contribution is 0.0498. The number of alkyl carbamates (subject to hydrolysis) is 1. The van der Waals surface area contributed by atoms with Crippen molar-refractivity contribution in [2.24, 2.45) is 5.92 Å². The molecule has 0 rings (SSSR count). The summed E-state index contributed by atoms with van der Waals surface area (Å²) in [6, 6.07) is 0.186. The van der Waals surface area contributed by atoms with Gasteiger partial charge in [-0.2, -0.15) is 0 Å². The van der Waals surface area contributed by atoms with E-state index in [9.17, 15) is 4.79 Å². The molecule has 0 spiro atoms. The van der Waals surface area contributed by atoms with Crippen LogP contribution in [0.4, 0.5) is 4.79 Å². The second-order valence-corrected chi connectivity index (χ2v) is 5.53. The van der Waals surface area contributed by atoms with Crippen molar-refractivity contribution in [1.29, 1.82) is 0 Å². The van der Waals surface area contributed by atoms with Crippen LogP contribution in [0.2, 0.25) is 0 Å². The van der Waals surface area contributed by atoms with Crippen LogP contribution in [-0.2, 0) is 4.74 Å². The van der Waals surface area contributed by atoms with Gasteiger partial charge < -0.3 is 10.1 Å². The van der Waals surface area contributed by atoms with Crippen LogP contribution in [0.15, 0.2) is 0 Å². The zero-order valence-corrected chi connectivity index (χ0v) is 14.5. The second kappa shape index (κ2) is 7.92. The van der Waals surface area contributed by atoms with Crippen LogP contribution in [0, 0.1) is 5.92 Å². The highest BCUT2D eigenvalue weighted by Crippen LogP contribution is 2.09. The Labute approximate surface area is 123 Å². The first kappa shape index (κ1) is 18.1. The quantitative estimate of drug-likeness (QED) is 0.538. The van der Waals surface area contributed by atoms with Crippen LogP contribution in [0.1, 0.15) is 34.6 Å². The summed E-state index contributed by atoms with van der Waals surface area (Å²) in [5.41, 5.74) is -0.420. The fourth-order valence-corrected chi connectivity index (χ4v) is 2.08. The molecule has 5 heteroatoms. The summed E-state index contributed by atoms with van der Waals surface area (Å²) in [6.45, 7) is 9.75. The fourth-order valence-electron chi connectivity index (χ4n) is 0.842. The number of hydrogen-bond donors (Lipinski definition) is 1. The van der Waals surface area contributed by atoms with Gasteiger partial charge in [-0.3, -0.25) is 0 Å². The Morgan fingerprint density at radius 3 is 2.13 bits per heavy atom. The summed E-state index contributed by atoms with van der Waals surface area (Å²) in [7, 11) is 0. The molecule has 0 aromatic heterocycles. The molecule has 0 aliphatic heterocycles. The minimum Gasteiger partial charge on any atom is -0.444 e. The number of carbonyl (C=O) groups excluding carboxylic acids is 1. The smallest absolute Gasteiger partial charge is 0.407 e. The number of rotatable bonds is 3. The topological polar surface area (TPSA) is 38.3 Å². The minimum absolute atomic E-state index is 0. The maximum absolute atomic E-state index is 11.4. The molecule has 0 saturated carbocycles. The van der Waals surface area contributed by atoms with Crippen LogP contribution in [-0.4, -0.2) is 22.2 Å². The maximum atomic E-state index is 11.4. The molecule has 0 heterocycles. The van der Waals surface area contributed by atoms with E-state index in [-0.39, 0.29) is 36.1 Å². The molecule has 0 fully saturated rings. The van der Waals surface area contributed by atoms with Gasteiger partial charge in [0.05, 0.1) is 0 Å². The highest BCUT2D eigenvalue weighted by Gasteiger charge is 2.20. The lowest BCUT2D eigenvalue weighted by atomic mass is 10.1. The number of alkyl halides is 1. The van der Waals surface area contributed by atoms with Gasteiger partial charge in [0.1, 0.15) is 5.60 Å². The average Bonchev–Trinajstić information content (AvgIpc) is 1.96. The number of amides is 1. The third-order valence-corrected chi connectivity index (χ3v) is 2.62. The molecule has 0 aliphatic carbocycles. The van der Waals surface area contributed by atoms with E-state index in [1.807, 2.05) is 20.8 Å². The Morgan fingerprint density at radius 2 is 1.87 bits per heavy atom. The van der Waals surface area contributed by atoms with E-state index in [4.69, 9.17) is 4.74 Å². The molecule has 92 valence electrons. The van der Waals surface area contributed by atoms with Crippen LogP contribution in [0.5, 0.6) is 0 Å². The van der Waals surface area contributed by atoms with Crippen molar-refractivity contribution in [1.82, 2.24) is 5.32 Å². The lowest BCUT2D eigenvalue weighted by Crippen LogP contribution is -2.42. The predicted octanol–water partition coefficient (Wildman–Crippen LogP) is 3.59. The zero-order chi connectivity index (χ0) is 11.4. The first-order valence-electron chi connectivity index (χ1n) is 4.81. The number of carbonyl (C=O) groups is 1. The van der Waals surface area contributed by atoms with Crippen molar-refractivity contribution in [2.75, 3.05) is 4.43 Å². The van der Waals surface area contributed by atoms with Gasteiger partial charge in [-0.25, -0.2) is 4.79 Å². The third kappa shape index (κ3) is 9.65. The molecule has 0 bridgehead atoms. The van der Waals surface area contributed by atoms with E-state index in [0.717, 1.165) is 4.43 Å². The van der Waals surface area contributed by atoms with Crippen LogP contribution < -0.4 is 5.32 Å². The van der Waals surface area contributed by atoms with Gasteiger partial charge in [-0.1, -0.05) is 36.4 Å². The van der Waals surface area contributed by atoms with Crippen LogP contribution in [0.25, 0.3) is 0 Å². The normalized spacial score (nSPS) is 13.0. The van der Waals surface area contributed by atoms with E-state index in [1.54, 1.807) is 0 Å². The number of hydrogen-bond acceptors (Lipinski definition) is 2. The first-order chi connectivity index (χ1) is 6.26. The Hall–Kier alpha value is 0.730. The summed E-state index contributed by atoms with van der Waals surface area (Å²) in [5.74, 6) is 0.430. The monoisotopic (exact) mass is 441 g/mol. The molecule has 1 N–H and O–H groups in total. The van der Waals surface area contributed by atoms with Crippen molar-refractivity contribution in [3.63, 3.8) is 0 Å². The highest BCUT2D eigenvalue weighted by molar-refractivity contribution is 14.1. The van der Waals surface area contributed by atoms with Gasteiger partial charge in [-0.05, 0) is 26.7 Å². The molecule has 3 nitrogen and oxygen atoms in total. The van der Waals surface area contributed by atoms with Crippen molar-refractivity contribution < 1.29 is 9.53 Å². The molecule has 0 saturated heterocycles. The largest absolute Gasteiger partial charge is 0.444 e. The van der Waals surface area contributed by atoms with Gasteiger partial charge in [0, 0.05) is 10.5 Å². The number of ether oxygens (including phenoxy) is 1. The van der Waals surface area contributed by atoms with Gasteiger partial charge >= 0.3 is 6.09 Å². The Balaban J connectivity index is 0. The van der Waals surface area contributed by atoms with Gasteiger partial charge in [-0.15, -0.1) is 24.0 Å². The van der Waals surface area contributed by atoms with E-state index in [2.05, 4.69) is 41.8 Å². The zero-order valence-electron chi connectivity index (χ0n) is 9.96. The van der Waals surface area contributed by atoms with Gasteiger partial charge in [0.25, 0.3) is 0 Å². The van der Waals surface area contributed by atoms with Crippen LogP contribution >= 0.6 is 46.6 Å². The summed E-state index contributed by atoms with van der Waals surface area (Å²) < 4.78 is 6.06. The van der Waals surface area contributed by atoms with E-state index in [0.29, 0.717) is 5.92 Å². The van der Waals surface area contributed by atoms with Crippen molar-refractivity contribution >= 4 is 52.7 Å². The summed E-state index contributed by atoms with van der Waals surface area (Å²) >= 11 is 2.27. The number of halogens is 2. The first-order valence-corrected chi connectivity index (χ1v) is 6.34. The molecule has 0 unspecified atom stereocenters. The molecule has 1 atom stereocenters. The van der Waals surface area contributed by atoms with Gasteiger partial charge in [0.2, 0.25) is 0 Å². The molecule has 15 heavy (non-hydrogen) atoms. The Bertz CT molecular complexity index is 190. The van der Waals surface area contributed by atoms with Crippen molar-refractivity contribution in [3.05, 3.63) is 0 Å². The molecule has 0 aliphatic rings. The molecule has 1 amide bonds. The molecule has 0 radical (unpaired) electrons. The summed E-state index contributed by atoms with van der Waals surface area (Å²) in [4.78, 5) is 11.4. The standard InChI is InChI=1S/C10H20INO2.HI/c1-7(2)8(6-11)12-9(13)14-10(3,4)5;/h7-8H,6H2,1-5H3,(H,12,13);1H/t8-;/m1./s1. The summed E-state index contributed by atoms with van der Waals surface area (Å²) in [6.07, 6.45) is -0.326. The highest BCUT2D eigenvalue weighted by atomic mass is 127. The second-order valence-electron chi connectivity index (χ2n) is 4.65. The van der Waals surface area contributed by atoms with E-state index in [1.165, 1.54) is 0 Å². The molecular weight excluding hydrogens is 420 g/mol. The van der Waals surface area contributed by atoms with E-state index >= 15 is 0 Å². The fraction of sp³-hybridized carbons (Fsp3) is 0.900. The predicted molar refractivity (Wildman–Crippen MR) is 82.3 cm³/mol. The van der Waals surface area contributed by atoms with Crippen molar-refractivity contribution in [2.45, 2.75) is 46.3 Å². The minimum atomic E-state index is -0.420. The molecule has 0 aromatic rings. The Morgan fingerprint density at radius 1 is 1.40 bits per heavy atom. The van der Waals surface area contributed by atoms with E-state index < -0.39 is 5.60 Å². The SMILES string of the molecule is CC(C)[C@@H](CI)NC(=O)OC(C)(C)C.I. The Kier molecular flexibility index (Phi) is 9.55. The summed E-state index contributed by atoms with van der Waals surface area (Å²) in [5, 5.41) is 2.85.